The average Bonchev–Trinajstić information content (AvgIpc) is 4.21. The summed E-state index contributed by atoms with van der Waals surface area (Å²) in [6.07, 6.45) is 37.3. The Kier molecular flexibility index (Phi) is 22.4. The summed E-state index contributed by atoms with van der Waals surface area (Å²) in [5, 5.41) is 2.53. The fourth-order valence-corrected chi connectivity index (χ4v) is 8.24. The zero-order valence-electron chi connectivity index (χ0n) is 39.1. The Hall–Kier alpha value is -5.68. The second-order valence-electron chi connectivity index (χ2n) is 14.8. The number of rotatable bonds is 13. The van der Waals surface area contributed by atoms with E-state index in [2.05, 4.69) is 219 Å². The van der Waals surface area contributed by atoms with Gasteiger partial charge in [-0.2, -0.15) is 12.6 Å². The van der Waals surface area contributed by atoms with Crippen LogP contribution in [0.25, 0.3) is 16.8 Å². The van der Waals surface area contributed by atoms with Crippen molar-refractivity contribution in [2.75, 3.05) is 16.1 Å². The van der Waals surface area contributed by atoms with Crippen LogP contribution in [0, 0.1) is 5.92 Å². The molecule has 5 aromatic rings. The number of para-hydroxylation sites is 3. The Morgan fingerprint density at radius 1 is 0.703 bits per heavy atom. The maximum atomic E-state index is 4.66. The summed E-state index contributed by atoms with van der Waals surface area (Å²) in [5.74, 6) is 1.26. The van der Waals surface area contributed by atoms with E-state index in [0.29, 0.717) is 5.92 Å². The van der Waals surface area contributed by atoms with Crippen molar-refractivity contribution in [3.63, 3.8) is 0 Å². The number of benzene rings is 5. The summed E-state index contributed by atoms with van der Waals surface area (Å²) in [6.45, 7) is 17.3. The highest BCUT2D eigenvalue weighted by molar-refractivity contribution is 7.84. The van der Waals surface area contributed by atoms with Crippen LogP contribution in [-0.4, -0.2) is 6.26 Å². The highest BCUT2D eigenvalue weighted by Gasteiger charge is 2.46. The minimum atomic E-state index is 0.533. The fourth-order valence-electron chi connectivity index (χ4n) is 8.07. The van der Waals surface area contributed by atoms with Gasteiger partial charge in [-0.3, -0.25) is 0 Å². The van der Waals surface area contributed by atoms with Gasteiger partial charge in [0.05, 0.1) is 11.4 Å². The first kappa shape index (κ1) is 51.0. The third kappa shape index (κ3) is 13.4. The van der Waals surface area contributed by atoms with E-state index in [1.807, 2.05) is 58.1 Å². The van der Waals surface area contributed by atoms with E-state index in [1.165, 1.54) is 68.9 Å². The molecule has 0 bridgehead atoms. The van der Waals surface area contributed by atoms with E-state index >= 15 is 0 Å². The summed E-state index contributed by atoms with van der Waals surface area (Å²) in [7, 11) is 0. The van der Waals surface area contributed by atoms with Crippen LogP contribution in [0.1, 0.15) is 89.3 Å². The molecule has 332 valence electrons. The second-order valence-corrected chi connectivity index (χ2v) is 15.4. The molecular formula is C60H70N2S2. The summed E-state index contributed by atoms with van der Waals surface area (Å²) >= 11 is 8.18. The molecule has 0 saturated heterocycles. The van der Waals surface area contributed by atoms with Gasteiger partial charge in [0.1, 0.15) is 0 Å². The lowest BCUT2D eigenvalue weighted by atomic mass is 9.83. The first-order chi connectivity index (χ1) is 31.6. The van der Waals surface area contributed by atoms with Gasteiger partial charge in [-0.05, 0) is 128 Å². The standard InChI is InChI=1S/C51H46N2S.C4H8.2C2H6.CH4S/c1-2-3-4-18-30-44(54)31-20-19-21-38-32-34-45-48(36-38)51(53(42-26-14-8-15-27-42)43-28-16-9-17-29-43)49-46(35-33-39-37-47(39)49)50(45)52(41-24-12-7-13-25-41)40-22-10-5-6-11-23-40;1-3-4-2;3*1-2/h2,4-22,24-32,34,36,39,47,54H,1,3,23,33,35,37H2;3H,1,4H2,2H3;2*1-2H3;2H,1H3/b18-4+,21-19+,31-20+,44-30-;;;;. The van der Waals surface area contributed by atoms with Gasteiger partial charge >= 0.3 is 0 Å². The van der Waals surface area contributed by atoms with E-state index in [-0.39, 0.29) is 0 Å². The third-order valence-corrected chi connectivity index (χ3v) is 11.2. The molecule has 2 unspecified atom stereocenters. The van der Waals surface area contributed by atoms with Crippen LogP contribution in [0.3, 0.4) is 0 Å². The smallest absolute Gasteiger partial charge is 0.0579 e. The van der Waals surface area contributed by atoms with Gasteiger partial charge in [0, 0.05) is 44.9 Å². The fraction of sp³-hybridized carbons (Fsp3) is 0.233. The van der Waals surface area contributed by atoms with Crippen LogP contribution in [-0.2, 0) is 6.42 Å². The Labute approximate surface area is 398 Å². The highest BCUT2D eigenvalue weighted by atomic mass is 32.1. The summed E-state index contributed by atoms with van der Waals surface area (Å²) in [6, 6.07) is 39.9. The van der Waals surface area contributed by atoms with E-state index in [1.54, 1.807) is 6.26 Å². The molecule has 4 heteroatoms. The molecule has 0 heterocycles. The average molecular weight is 883 g/mol. The first-order valence-electron chi connectivity index (χ1n) is 23.1. The maximum Gasteiger partial charge on any atom is 0.0579 e. The lowest BCUT2D eigenvalue weighted by molar-refractivity contribution is 0.668. The molecule has 64 heavy (non-hydrogen) atoms. The van der Waals surface area contributed by atoms with Crippen molar-refractivity contribution in [3.05, 3.63) is 229 Å². The van der Waals surface area contributed by atoms with Crippen molar-refractivity contribution in [1.29, 1.82) is 0 Å². The van der Waals surface area contributed by atoms with Crippen molar-refractivity contribution < 1.29 is 0 Å². The molecule has 2 atom stereocenters. The maximum absolute atomic E-state index is 4.66. The number of hydrogen-bond acceptors (Lipinski definition) is 4. The number of nitrogens with zero attached hydrogens (tertiary/aromatic N) is 2. The minimum Gasteiger partial charge on any atom is -0.313 e. The lowest BCUT2D eigenvalue weighted by Gasteiger charge is -2.37. The van der Waals surface area contributed by atoms with Crippen LogP contribution >= 0.6 is 25.3 Å². The zero-order valence-corrected chi connectivity index (χ0v) is 40.9. The molecule has 2 nitrogen and oxygen atoms in total. The minimum absolute atomic E-state index is 0.533. The molecule has 3 aliphatic carbocycles. The van der Waals surface area contributed by atoms with Crippen LogP contribution in [0.2, 0.25) is 0 Å². The van der Waals surface area contributed by atoms with Crippen molar-refractivity contribution >= 4 is 70.5 Å². The van der Waals surface area contributed by atoms with Gasteiger partial charge in [0.2, 0.25) is 0 Å². The Bertz CT molecular complexity index is 2380. The van der Waals surface area contributed by atoms with Gasteiger partial charge in [-0.1, -0.05) is 168 Å². The molecule has 0 aromatic heterocycles. The van der Waals surface area contributed by atoms with Crippen LogP contribution in [0.15, 0.2) is 212 Å². The SMILES string of the molecule is C=CC/C=C/C=C(S)/C=C/C=C/c1ccc2c(N(C3=CC=CC=CC3)c3ccccc3)c3c(c(N(c4ccccc4)c4ccccc4)c2c1)C1CC1CC3.C=CCC.CC.CC.CS. The van der Waals surface area contributed by atoms with E-state index in [4.69, 9.17) is 0 Å². The van der Waals surface area contributed by atoms with E-state index in [0.717, 1.165) is 42.1 Å². The Balaban J connectivity index is 0.000000831. The highest BCUT2D eigenvalue weighted by Crippen LogP contribution is 2.62. The monoisotopic (exact) mass is 882 g/mol. The summed E-state index contributed by atoms with van der Waals surface area (Å²) in [4.78, 5) is 5.99. The van der Waals surface area contributed by atoms with E-state index < -0.39 is 0 Å². The van der Waals surface area contributed by atoms with Gasteiger partial charge < -0.3 is 9.80 Å². The van der Waals surface area contributed by atoms with Crippen molar-refractivity contribution in [3.8, 4) is 0 Å². The molecule has 0 amide bonds. The Morgan fingerprint density at radius 2 is 1.31 bits per heavy atom. The molecule has 0 aliphatic heterocycles. The molecule has 0 N–H and O–H groups in total. The predicted molar refractivity (Wildman–Crippen MR) is 295 cm³/mol. The molecule has 0 spiro atoms. The molecule has 0 radical (unpaired) electrons. The number of fused-ring (bicyclic) bond motifs is 4. The van der Waals surface area contributed by atoms with E-state index in [9.17, 15) is 0 Å². The summed E-state index contributed by atoms with van der Waals surface area (Å²) in [5.41, 5.74) is 11.6. The molecule has 1 fully saturated rings. The largest absolute Gasteiger partial charge is 0.313 e. The number of thiol groups is 2. The topological polar surface area (TPSA) is 6.48 Å². The summed E-state index contributed by atoms with van der Waals surface area (Å²) < 4.78 is 0. The van der Waals surface area contributed by atoms with Crippen molar-refractivity contribution in [2.45, 2.75) is 79.1 Å². The normalized spacial score (nSPS) is 15.7. The predicted octanol–water partition coefficient (Wildman–Crippen LogP) is 18.6. The van der Waals surface area contributed by atoms with Crippen LogP contribution in [0.5, 0.6) is 0 Å². The molecule has 8 rings (SSSR count). The molecule has 3 aliphatic rings. The van der Waals surface area contributed by atoms with Gasteiger partial charge in [0.25, 0.3) is 0 Å². The third-order valence-electron chi connectivity index (χ3n) is 10.9. The molecule has 5 aromatic carbocycles. The zero-order chi connectivity index (χ0) is 46.1. The quantitative estimate of drug-likeness (QED) is 0.0526. The van der Waals surface area contributed by atoms with Gasteiger partial charge in [-0.15, -0.1) is 25.8 Å². The first-order valence-corrected chi connectivity index (χ1v) is 24.4. The van der Waals surface area contributed by atoms with Gasteiger partial charge in [-0.25, -0.2) is 0 Å². The van der Waals surface area contributed by atoms with Crippen LogP contribution in [0.4, 0.5) is 28.4 Å². The number of allylic oxidation sites excluding steroid dienone is 13. The lowest BCUT2D eigenvalue weighted by Crippen LogP contribution is -2.22. The van der Waals surface area contributed by atoms with Crippen molar-refractivity contribution in [1.82, 2.24) is 0 Å². The number of hydrogen-bond donors (Lipinski definition) is 2. The number of anilines is 5. The van der Waals surface area contributed by atoms with Crippen molar-refractivity contribution in [2.24, 2.45) is 5.92 Å². The van der Waals surface area contributed by atoms with Gasteiger partial charge in [0.15, 0.2) is 0 Å². The Morgan fingerprint density at radius 3 is 1.91 bits per heavy atom. The molecule has 1 saturated carbocycles. The second kappa shape index (κ2) is 28.2. The van der Waals surface area contributed by atoms with Crippen LogP contribution < -0.4 is 9.80 Å². The molecular weight excluding hydrogens is 813 g/mol.